The van der Waals surface area contributed by atoms with Crippen molar-refractivity contribution in [2.24, 2.45) is 5.92 Å². The summed E-state index contributed by atoms with van der Waals surface area (Å²) >= 11 is 1.63. The molecule has 0 atom stereocenters. The third-order valence-corrected chi connectivity index (χ3v) is 3.80. The first kappa shape index (κ1) is 14.2. The van der Waals surface area contributed by atoms with Crippen LogP contribution in [0.15, 0.2) is 45.0 Å². The van der Waals surface area contributed by atoms with Crippen molar-refractivity contribution in [1.82, 2.24) is 10.3 Å². The number of aromatic nitrogens is 1. The second-order valence-corrected chi connectivity index (χ2v) is 6.03. The number of hydrogen-bond donors (Lipinski definition) is 1. The predicted molar refractivity (Wildman–Crippen MR) is 78.3 cm³/mol. The molecule has 2 aromatic rings. The van der Waals surface area contributed by atoms with Gasteiger partial charge in [0, 0.05) is 12.7 Å². The van der Waals surface area contributed by atoms with Gasteiger partial charge in [0.05, 0.1) is 11.2 Å². The molecule has 19 heavy (non-hydrogen) atoms. The Morgan fingerprint density at radius 1 is 1.32 bits per heavy atom. The van der Waals surface area contributed by atoms with E-state index in [1.807, 2.05) is 19.2 Å². The lowest BCUT2D eigenvalue weighted by molar-refractivity contribution is 0.527. The summed E-state index contributed by atoms with van der Waals surface area (Å²) in [6, 6.07) is 6.15. The van der Waals surface area contributed by atoms with E-state index >= 15 is 0 Å². The Labute approximate surface area is 118 Å². The van der Waals surface area contributed by atoms with Gasteiger partial charge >= 0.3 is 0 Å². The van der Waals surface area contributed by atoms with Crippen LogP contribution >= 0.6 is 11.8 Å². The topological polar surface area (TPSA) is 38.1 Å². The second-order valence-electron chi connectivity index (χ2n) is 4.97. The Morgan fingerprint density at radius 2 is 2.16 bits per heavy atom. The average molecular weight is 276 g/mol. The fourth-order valence-electron chi connectivity index (χ4n) is 1.67. The maximum atomic E-state index is 5.28. The molecule has 0 aliphatic carbocycles. The molecule has 0 spiro atoms. The van der Waals surface area contributed by atoms with Gasteiger partial charge in [-0.25, -0.2) is 4.98 Å². The molecular formula is C15H20N2OS. The van der Waals surface area contributed by atoms with Gasteiger partial charge in [-0.2, -0.15) is 0 Å². The van der Waals surface area contributed by atoms with Crippen molar-refractivity contribution in [1.29, 1.82) is 0 Å². The standard InChI is InChI=1S/C15H20N2OS/c1-11(2)8-16-9-13-4-5-15(17-10-13)19-14-6-7-18-12(14)3/h4-7,10-11,16H,8-9H2,1-3H3. The zero-order valence-corrected chi connectivity index (χ0v) is 12.5. The predicted octanol–water partition coefficient (Wildman–Crippen LogP) is 3.88. The van der Waals surface area contributed by atoms with Crippen molar-refractivity contribution in [3.8, 4) is 0 Å². The first-order valence-electron chi connectivity index (χ1n) is 6.52. The van der Waals surface area contributed by atoms with Crippen molar-refractivity contribution in [2.45, 2.75) is 37.2 Å². The summed E-state index contributed by atoms with van der Waals surface area (Å²) in [5, 5.41) is 4.41. The molecule has 0 fully saturated rings. The molecule has 2 aromatic heterocycles. The van der Waals surface area contributed by atoms with Gasteiger partial charge in [-0.1, -0.05) is 31.7 Å². The Hall–Kier alpha value is -1.26. The minimum absolute atomic E-state index is 0.673. The third kappa shape index (κ3) is 4.40. The zero-order chi connectivity index (χ0) is 13.7. The van der Waals surface area contributed by atoms with Gasteiger partial charge in [0.1, 0.15) is 10.8 Å². The molecule has 0 bridgehead atoms. The normalized spacial score (nSPS) is 11.2. The van der Waals surface area contributed by atoms with Crippen LogP contribution in [0.5, 0.6) is 0 Å². The molecule has 0 aliphatic heterocycles. The van der Waals surface area contributed by atoms with Gasteiger partial charge in [-0.05, 0) is 37.1 Å². The lowest BCUT2D eigenvalue weighted by Crippen LogP contribution is -2.18. The Bertz CT molecular complexity index is 505. The van der Waals surface area contributed by atoms with Crippen LogP contribution < -0.4 is 5.32 Å². The molecule has 102 valence electrons. The van der Waals surface area contributed by atoms with Gasteiger partial charge in [0.2, 0.25) is 0 Å². The van der Waals surface area contributed by atoms with E-state index in [1.165, 1.54) is 5.56 Å². The van der Waals surface area contributed by atoms with E-state index < -0.39 is 0 Å². The quantitative estimate of drug-likeness (QED) is 0.869. The van der Waals surface area contributed by atoms with E-state index in [2.05, 4.69) is 36.3 Å². The van der Waals surface area contributed by atoms with Crippen LogP contribution in [0.4, 0.5) is 0 Å². The first-order chi connectivity index (χ1) is 9.15. The molecule has 0 unspecified atom stereocenters. The molecule has 1 N–H and O–H groups in total. The van der Waals surface area contributed by atoms with Crippen molar-refractivity contribution >= 4 is 11.8 Å². The van der Waals surface area contributed by atoms with Gasteiger partial charge in [0.15, 0.2) is 0 Å². The largest absolute Gasteiger partial charge is 0.468 e. The lowest BCUT2D eigenvalue weighted by atomic mass is 10.2. The molecule has 0 aromatic carbocycles. The summed E-state index contributed by atoms with van der Waals surface area (Å²) in [6.45, 7) is 8.29. The minimum Gasteiger partial charge on any atom is -0.468 e. The number of nitrogens with one attached hydrogen (secondary N) is 1. The van der Waals surface area contributed by atoms with E-state index in [0.29, 0.717) is 5.92 Å². The molecule has 0 radical (unpaired) electrons. The fraction of sp³-hybridized carbons (Fsp3) is 0.400. The molecule has 3 nitrogen and oxygen atoms in total. The summed E-state index contributed by atoms with van der Waals surface area (Å²) in [6.07, 6.45) is 3.65. The van der Waals surface area contributed by atoms with E-state index in [9.17, 15) is 0 Å². The highest BCUT2D eigenvalue weighted by molar-refractivity contribution is 7.99. The van der Waals surface area contributed by atoms with Crippen molar-refractivity contribution in [3.63, 3.8) is 0 Å². The highest BCUT2D eigenvalue weighted by Gasteiger charge is 2.04. The van der Waals surface area contributed by atoms with Crippen molar-refractivity contribution in [3.05, 3.63) is 42.0 Å². The number of nitrogens with zero attached hydrogens (tertiary/aromatic N) is 1. The van der Waals surface area contributed by atoms with E-state index in [1.54, 1.807) is 18.0 Å². The van der Waals surface area contributed by atoms with E-state index in [4.69, 9.17) is 4.42 Å². The Kier molecular flexibility index (Phi) is 5.05. The number of furan rings is 1. The van der Waals surface area contributed by atoms with Crippen LogP contribution in [0.1, 0.15) is 25.2 Å². The maximum Gasteiger partial charge on any atom is 0.114 e. The van der Waals surface area contributed by atoms with Gasteiger partial charge in [-0.15, -0.1) is 0 Å². The lowest BCUT2D eigenvalue weighted by Gasteiger charge is -2.07. The Morgan fingerprint density at radius 3 is 2.74 bits per heavy atom. The Balaban J connectivity index is 1.89. The smallest absolute Gasteiger partial charge is 0.114 e. The van der Waals surface area contributed by atoms with E-state index in [0.717, 1.165) is 28.8 Å². The molecule has 2 heterocycles. The molecule has 4 heteroatoms. The number of rotatable bonds is 6. The van der Waals surface area contributed by atoms with Crippen molar-refractivity contribution < 1.29 is 4.42 Å². The third-order valence-electron chi connectivity index (χ3n) is 2.71. The number of aryl methyl sites for hydroxylation is 1. The highest BCUT2D eigenvalue weighted by Crippen LogP contribution is 2.29. The molecular weight excluding hydrogens is 256 g/mol. The van der Waals surface area contributed by atoms with Gasteiger partial charge in [-0.3, -0.25) is 0 Å². The first-order valence-corrected chi connectivity index (χ1v) is 7.34. The van der Waals surface area contributed by atoms with Crippen LogP contribution in [0, 0.1) is 12.8 Å². The molecule has 0 saturated carbocycles. The zero-order valence-electron chi connectivity index (χ0n) is 11.6. The molecule has 0 amide bonds. The monoisotopic (exact) mass is 276 g/mol. The second kappa shape index (κ2) is 6.78. The SMILES string of the molecule is Cc1occc1Sc1ccc(CNCC(C)C)cn1. The summed E-state index contributed by atoms with van der Waals surface area (Å²) in [5.41, 5.74) is 1.22. The summed E-state index contributed by atoms with van der Waals surface area (Å²) in [7, 11) is 0. The summed E-state index contributed by atoms with van der Waals surface area (Å²) < 4.78 is 5.28. The number of hydrogen-bond acceptors (Lipinski definition) is 4. The van der Waals surface area contributed by atoms with Crippen molar-refractivity contribution in [2.75, 3.05) is 6.54 Å². The van der Waals surface area contributed by atoms with Crippen LogP contribution in [0.3, 0.4) is 0 Å². The molecule has 0 aliphatic rings. The van der Waals surface area contributed by atoms with Crippen LogP contribution in [-0.4, -0.2) is 11.5 Å². The average Bonchev–Trinajstić information content (AvgIpc) is 2.77. The van der Waals surface area contributed by atoms with Crippen LogP contribution in [0.2, 0.25) is 0 Å². The minimum atomic E-state index is 0.673. The maximum absolute atomic E-state index is 5.28. The van der Waals surface area contributed by atoms with E-state index in [-0.39, 0.29) is 0 Å². The molecule has 0 saturated heterocycles. The van der Waals surface area contributed by atoms with Gasteiger partial charge in [0.25, 0.3) is 0 Å². The van der Waals surface area contributed by atoms with Crippen LogP contribution in [0.25, 0.3) is 0 Å². The molecule has 2 rings (SSSR count). The summed E-state index contributed by atoms with van der Waals surface area (Å²) in [4.78, 5) is 5.60. The number of pyridine rings is 1. The van der Waals surface area contributed by atoms with Gasteiger partial charge < -0.3 is 9.73 Å². The fourth-order valence-corrected chi connectivity index (χ4v) is 2.46. The summed E-state index contributed by atoms with van der Waals surface area (Å²) in [5.74, 6) is 1.61. The van der Waals surface area contributed by atoms with Crippen LogP contribution in [-0.2, 0) is 6.54 Å². The highest BCUT2D eigenvalue weighted by atomic mass is 32.2.